The Morgan fingerprint density at radius 2 is 2.19 bits per heavy atom. The van der Waals surface area contributed by atoms with Crippen LogP contribution < -0.4 is 10.7 Å². The van der Waals surface area contributed by atoms with Crippen molar-refractivity contribution >= 4 is 35.1 Å². The van der Waals surface area contributed by atoms with E-state index in [1.165, 1.54) is 18.4 Å². The van der Waals surface area contributed by atoms with Crippen LogP contribution in [0.1, 0.15) is 24.8 Å². The fourth-order valence-electron chi connectivity index (χ4n) is 2.44. The molecule has 2 N–H and O–H groups in total. The van der Waals surface area contributed by atoms with Crippen molar-refractivity contribution in [2.24, 2.45) is 5.10 Å². The zero-order valence-electron chi connectivity index (χ0n) is 12.2. The maximum atomic E-state index is 5.93. The number of thiocarbonyl (C=S) groups is 1. The molecule has 0 saturated carbocycles. The predicted octanol–water partition coefficient (Wildman–Crippen LogP) is 2.77. The first kappa shape index (κ1) is 16.2. The largest absolute Gasteiger partial charge is 0.364 e. The van der Waals surface area contributed by atoms with E-state index in [0.717, 1.165) is 24.5 Å². The SMILES string of the molecule is CNC(=S)N/N=C/C1CCCCN1Cc1ccc(Cl)cc1. The number of rotatable bonds is 4. The van der Waals surface area contributed by atoms with Gasteiger partial charge < -0.3 is 5.32 Å². The van der Waals surface area contributed by atoms with Crippen LogP contribution in [0.25, 0.3) is 0 Å². The van der Waals surface area contributed by atoms with Crippen LogP contribution in [-0.4, -0.2) is 35.9 Å². The van der Waals surface area contributed by atoms with Crippen LogP contribution in [0.2, 0.25) is 5.02 Å². The zero-order valence-corrected chi connectivity index (χ0v) is 13.8. The Bertz CT molecular complexity index is 489. The third-order valence-electron chi connectivity index (χ3n) is 3.60. The molecule has 1 atom stereocenters. The number of hydrogen-bond acceptors (Lipinski definition) is 3. The van der Waals surface area contributed by atoms with E-state index in [4.69, 9.17) is 23.8 Å². The van der Waals surface area contributed by atoms with Crippen LogP contribution in [0.4, 0.5) is 0 Å². The summed E-state index contributed by atoms with van der Waals surface area (Å²) in [4.78, 5) is 2.44. The second-order valence-electron chi connectivity index (χ2n) is 5.13. The number of likely N-dealkylation sites (tertiary alicyclic amines) is 1. The van der Waals surface area contributed by atoms with Crippen molar-refractivity contribution in [3.8, 4) is 0 Å². The van der Waals surface area contributed by atoms with Gasteiger partial charge in [-0.25, -0.2) is 0 Å². The molecule has 1 aliphatic heterocycles. The van der Waals surface area contributed by atoms with Gasteiger partial charge >= 0.3 is 0 Å². The number of benzene rings is 1. The molecule has 21 heavy (non-hydrogen) atoms. The molecule has 114 valence electrons. The summed E-state index contributed by atoms with van der Waals surface area (Å²) < 4.78 is 0. The number of nitrogens with one attached hydrogen (secondary N) is 2. The van der Waals surface area contributed by atoms with Crippen molar-refractivity contribution in [3.63, 3.8) is 0 Å². The molecular weight excluding hydrogens is 304 g/mol. The summed E-state index contributed by atoms with van der Waals surface area (Å²) in [6, 6.07) is 8.40. The van der Waals surface area contributed by atoms with Gasteiger partial charge in [-0.2, -0.15) is 5.10 Å². The molecular formula is C15H21ClN4S. The minimum Gasteiger partial charge on any atom is -0.364 e. The summed E-state index contributed by atoms with van der Waals surface area (Å²) >= 11 is 10.9. The van der Waals surface area contributed by atoms with Gasteiger partial charge in [0.25, 0.3) is 0 Å². The summed E-state index contributed by atoms with van der Waals surface area (Å²) in [5, 5.41) is 8.38. The van der Waals surface area contributed by atoms with E-state index in [-0.39, 0.29) is 0 Å². The molecule has 0 aliphatic carbocycles. The standard InChI is InChI=1S/C15H21ClN4S/c1-17-15(21)19-18-10-14-4-2-3-9-20(14)11-12-5-7-13(16)8-6-12/h5-8,10,14H,2-4,9,11H2,1H3,(H2,17,19,21)/b18-10+. The molecule has 1 aliphatic rings. The van der Waals surface area contributed by atoms with Crippen molar-refractivity contribution in [3.05, 3.63) is 34.9 Å². The fraction of sp³-hybridized carbons (Fsp3) is 0.467. The first-order chi connectivity index (χ1) is 10.2. The quantitative estimate of drug-likeness (QED) is 0.507. The van der Waals surface area contributed by atoms with Crippen molar-refractivity contribution in [1.82, 2.24) is 15.6 Å². The third kappa shape index (κ3) is 5.26. The van der Waals surface area contributed by atoms with E-state index < -0.39 is 0 Å². The highest BCUT2D eigenvalue weighted by molar-refractivity contribution is 7.80. The van der Waals surface area contributed by atoms with Crippen LogP contribution in [-0.2, 0) is 6.54 Å². The number of piperidine rings is 1. The van der Waals surface area contributed by atoms with E-state index in [2.05, 4.69) is 32.9 Å². The second kappa shape index (κ2) is 8.32. The van der Waals surface area contributed by atoms with Gasteiger partial charge in [-0.15, -0.1) is 0 Å². The van der Waals surface area contributed by atoms with Gasteiger partial charge in [-0.3, -0.25) is 10.3 Å². The Labute approximate surface area is 136 Å². The highest BCUT2D eigenvalue weighted by Crippen LogP contribution is 2.19. The van der Waals surface area contributed by atoms with Crippen LogP contribution in [0, 0.1) is 0 Å². The first-order valence-electron chi connectivity index (χ1n) is 7.18. The van der Waals surface area contributed by atoms with Crippen LogP contribution >= 0.6 is 23.8 Å². The Morgan fingerprint density at radius 1 is 1.43 bits per heavy atom. The molecule has 0 bridgehead atoms. The number of halogens is 1. The van der Waals surface area contributed by atoms with Gasteiger partial charge in [-0.05, 0) is 49.3 Å². The predicted molar refractivity (Wildman–Crippen MR) is 92.8 cm³/mol. The highest BCUT2D eigenvalue weighted by Gasteiger charge is 2.20. The van der Waals surface area contributed by atoms with Gasteiger partial charge in [0.2, 0.25) is 0 Å². The number of nitrogens with zero attached hydrogens (tertiary/aromatic N) is 2. The van der Waals surface area contributed by atoms with Gasteiger partial charge in [0.1, 0.15) is 0 Å². The van der Waals surface area contributed by atoms with Gasteiger partial charge in [0, 0.05) is 30.9 Å². The molecule has 0 spiro atoms. The minimum atomic E-state index is 0.349. The molecule has 2 rings (SSSR count). The van der Waals surface area contributed by atoms with Crippen LogP contribution in [0.15, 0.2) is 29.4 Å². The lowest BCUT2D eigenvalue weighted by molar-refractivity contribution is 0.186. The molecule has 6 heteroatoms. The van der Waals surface area contributed by atoms with E-state index in [0.29, 0.717) is 11.2 Å². The van der Waals surface area contributed by atoms with Crippen molar-refractivity contribution < 1.29 is 0 Å². The Morgan fingerprint density at radius 3 is 2.90 bits per heavy atom. The number of hydrogen-bond donors (Lipinski definition) is 2. The lowest BCUT2D eigenvalue weighted by Crippen LogP contribution is -2.40. The van der Waals surface area contributed by atoms with E-state index in [9.17, 15) is 0 Å². The summed E-state index contributed by atoms with van der Waals surface area (Å²) in [5.41, 5.74) is 4.09. The molecule has 1 saturated heterocycles. The molecule has 1 heterocycles. The van der Waals surface area contributed by atoms with E-state index in [1.807, 2.05) is 18.3 Å². The normalized spacial score (nSPS) is 19.6. The van der Waals surface area contributed by atoms with Crippen LogP contribution in [0.3, 0.4) is 0 Å². The summed E-state index contributed by atoms with van der Waals surface area (Å²) in [6.45, 7) is 2.01. The molecule has 1 aromatic carbocycles. The number of hydrazone groups is 1. The fourth-order valence-corrected chi connectivity index (χ4v) is 2.62. The molecule has 4 nitrogen and oxygen atoms in total. The van der Waals surface area contributed by atoms with Gasteiger partial charge in [0.15, 0.2) is 5.11 Å². The second-order valence-corrected chi connectivity index (χ2v) is 5.97. The average Bonchev–Trinajstić information content (AvgIpc) is 2.51. The van der Waals surface area contributed by atoms with Crippen molar-refractivity contribution in [1.29, 1.82) is 0 Å². The maximum Gasteiger partial charge on any atom is 0.186 e. The highest BCUT2D eigenvalue weighted by atomic mass is 35.5. The van der Waals surface area contributed by atoms with Crippen LogP contribution in [0.5, 0.6) is 0 Å². The summed E-state index contributed by atoms with van der Waals surface area (Å²) in [7, 11) is 1.78. The first-order valence-corrected chi connectivity index (χ1v) is 7.97. The minimum absolute atomic E-state index is 0.349. The summed E-state index contributed by atoms with van der Waals surface area (Å²) in [5.74, 6) is 0. The molecule has 1 unspecified atom stereocenters. The topological polar surface area (TPSA) is 39.7 Å². The monoisotopic (exact) mass is 324 g/mol. The molecule has 0 aromatic heterocycles. The lowest BCUT2D eigenvalue weighted by atomic mass is 10.0. The molecule has 0 amide bonds. The summed E-state index contributed by atoms with van der Waals surface area (Å²) in [6.07, 6.45) is 5.56. The van der Waals surface area contributed by atoms with Crippen molar-refractivity contribution in [2.45, 2.75) is 31.8 Å². The smallest absolute Gasteiger partial charge is 0.186 e. The lowest BCUT2D eigenvalue weighted by Gasteiger charge is -2.33. The van der Waals surface area contributed by atoms with Crippen molar-refractivity contribution in [2.75, 3.05) is 13.6 Å². The molecule has 0 radical (unpaired) electrons. The maximum absolute atomic E-state index is 5.93. The Hall–Kier alpha value is -1.17. The van der Waals surface area contributed by atoms with Gasteiger partial charge in [0.05, 0.1) is 0 Å². The Kier molecular flexibility index (Phi) is 6.42. The third-order valence-corrected chi connectivity index (χ3v) is 4.15. The molecule has 1 fully saturated rings. The van der Waals surface area contributed by atoms with E-state index >= 15 is 0 Å². The van der Waals surface area contributed by atoms with E-state index in [1.54, 1.807) is 7.05 Å². The Balaban J connectivity index is 1.95. The zero-order chi connectivity index (χ0) is 15.1. The van der Waals surface area contributed by atoms with Gasteiger partial charge in [-0.1, -0.05) is 30.2 Å². The average molecular weight is 325 g/mol. The molecule has 1 aromatic rings.